The molecule has 1 amide bonds. The van der Waals surface area contributed by atoms with E-state index in [1.807, 2.05) is 6.07 Å². The van der Waals surface area contributed by atoms with E-state index in [0.29, 0.717) is 30.0 Å². The molecule has 3 N–H and O–H groups in total. The third-order valence-electron chi connectivity index (χ3n) is 4.52. The number of alkyl halides is 3. The fraction of sp³-hybridized carbons (Fsp3) is 0.375. The molecule has 1 aliphatic carbocycles. The van der Waals surface area contributed by atoms with Gasteiger partial charge in [-0.1, -0.05) is 0 Å². The molecule has 0 fully saturated rings. The van der Waals surface area contributed by atoms with E-state index in [1.165, 1.54) is 0 Å². The van der Waals surface area contributed by atoms with Gasteiger partial charge in [-0.3, -0.25) is 9.89 Å². The van der Waals surface area contributed by atoms with Gasteiger partial charge >= 0.3 is 6.18 Å². The maximum Gasteiger partial charge on any atom is 0.435 e. The van der Waals surface area contributed by atoms with Gasteiger partial charge in [0.1, 0.15) is 5.82 Å². The molecule has 0 radical (unpaired) electrons. The summed E-state index contributed by atoms with van der Waals surface area (Å²) >= 11 is 0. The minimum Gasteiger partial charge on any atom is -0.349 e. The van der Waals surface area contributed by atoms with Crippen molar-refractivity contribution in [2.75, 3.05) is 0 Å². The molecule has 0 saturated carbocycles. The van der Waals surface area contributed by atoms with Crippen molar-refractivity contribution in [3.05, 3.63) is 41.1 Å². The molecule has 0 spiro atoms. The van der Waals surface area contributed by atoms with E-state index in [9.17, 15) is 18.0 Å². The molecule has 0 saturated heterocycles. The lowest BCUT2D eigenvalue weighted by atomic mass is 9.85. The Morgan fingerprint density at radius 2 is 2.23 bits per heavy atom. The summed E-state index contributed by atoms with van der Waals surface area (Å²) in [5, 5.41) is 8.56. The molecule has 1 atom stereocenters. The predicted octanol–water partition coefficient (Wildman–Crippen LogP) is 2.12. The number of aromatic nitrogens is 5. The van der Waals surface area contributed by atoms with Crippen LogP contribution in [-0.4, -0.2) is 31.1 Å². The van der Waals surface area contributed by atoms with E-state index in [4.69, 9.17) is 0 Å². The normalized spacial score (nSPS) is 17.3. The Kier molecular flexibility index (Phi) is 3.89. The fourth-order valence-electron chi connectivity index (χ4n) is 3.25. The maximum atomic E-state index is 13.0. The zero-order valence-corrected chi connectivity index (χ0v) is 13.5. The molecule has 3 aromatic heterocycles. The zero-order chi connectivity index (χ0) is 18.3. The highest BCUT2D eigenvalue weighted by Crippen LogP contribution is 2.36. The van der Waals surface area contributed by atoms with Crippen molar-refractivity contribution in [1.29, 1.82) is 0 Å². The summed E-state index contributed by atoms with van der Waals surface area (Å²) in [5.74, 6) is -0.273. The van der Waals surface area contributed by atoms with Gasteiger partial charge in [0.05, 0.1) is 12.1 Å². The number of nitrogens with one attached hydrogen (secondary N) is 3. The SMILES string of the molecule is O=C(NCc1nc2ncccc2[nH]1)C1CCc2[nH]nc(C(F)(F)F)c2C1. The molecule has 0 bridgehead atoms. The number of hydrogen-bond acceptors (Lipinski definition) is 4. The number of rotatable bonds is 3. The number of carbonyl (C=O) groups is 1. The number of hydrogen-bond donors (Lipinski definition) is 3. The van der Waals surface area contributed by atoms with E-state index >= 15 is 0 Å². The topological polar surface area (TPSA) is 99.4 Å². The number of amides is 1. The molecule has 136 valence electrons. The number of fused-ring (bicyclic) bond motifs is 2. The van der Waals surface area contributed by atoms with E-state index in [1.54, 1.807) is 12.3 Å². The van der Waals surface area contributed by atoms with Gasteiger partial charge in [-0.15, -0.1) is 0 Å². The lowest BCUT2D eigenvalue weighted by Crippen LogP contribution is -2.34. The minimum absolute atomic E-state index is 0.0220. The first-order chi connectivity index (χ1) is 12.4. The summed E-state index contributed by atoms with van der Waals surface area (Å²) in [6, 6.07) is 3.59. The fourth-order valence-corrected chi connectivity index (χ4v) is 3.25. The van der Waals surface area contributed by atoms with Gasteiger partial charge in [-0.25, -0.2) is 9.97 Å². The summed E-state index contributed by atoms with van der Waals surface area (Å²) in [4.78, 5) is 23.8. The third kappa shape index (κ3) is 3.02. The van der Waals surface area contributed by atoms with E-state index in [0.717, 1.165) is 5.52 Å². The largest absolute Gasteiger partial charge is 0.435 e. The number of carbonyl (C=O) groups excluding carboxylic acids is 1. The van der Waals surface area contributed by atoms with Crippen LogP contribution < -0.4 is 5.32 Å². The summed E-state index contributed by atoms with van der Waals surface area (Å²) in [5.41, 5.74) is 0.939. The number of H-pyrrole nitrogens is 2. The smallest absolute Gasteiger partial charge is 0.349 e. The Balaban J connectivity index is 1.43. The first kappa shape index (κ1) is 16.6. The van der Waals surface area contributed by atoms with Gasteiger partial charge in [0.2, 0.25) is 5.91 Å². The highest BCUT2D eigenvalue weighted by atomic mass is 19.4. The van der Waals surface area contributed by atoms with Crippen LogP contribution in [0.1, 0.15) is 29.2 Å². The zero-order valence-electron chi connectivity index (χ0n) is 13.5. The highest BCUT2D eigenvalue weighted by molar-refractivity contribution is 5.79. The van der Waals surface area contributed by atoms with Crippen LogP contribution in [0.2, 0.25) is 0 Å². The summed E-state index contributed by atoms with van der Waals surface area (Å²) < 4.78 is 39.0. The van der Waals surface area contributed by atoms with Crippen molar-refractivity contribution in [3.63, 3.8) is 0 Å². The molecule has 26 heavy (non-hydrogen) atoms. The Labute approximate surface area is 145 Å². The van der Waals surface area contributed by atoms with Gasteiger partial charge in [-0.05, 0) is 31.4 Å². The molecule has 3 heterocycles. The van der Waals surface area contributed by atoms with E-state index in [-0.39, 0.29) is 24.4 Å². The average molecular weight is 364 g/mol. The molecule has 1 aliphatic rings. The van der Waals surface area contributed by atoms with Crippen molar-refractivity contribution in [2.45, 2.75) is 32.0 Å². The Hall–Kier alpha value is -2.91. The number of imidazole rings is 1. The second-order valence-electron chi connectivity index (χ2n) is 6.24. The van der Waals surface area contributed by atoms with Crippen LogP contribution in [0, 0.1) is 5.92 Å². The Bertz CT molecular complexity index is 927. The molecule has 7 nitrogen and oxygen atoms in total. The van der Waals surface area contributed by atoms with Crippen LogP contribution in [0.25, 0.3) is 11.2 Å². The molecule has 4 rings (SSSR count). The maximum absolute atomic E-state index is 13.0. The van der Waals surface area contributed by atoms with E-state index in [2.05, 4.69) is 30.5 Å². The van der Waals surface area contributed by atoms with Crippen molar-refractivity contribution < 1.29 is 18.0 Å². The lowest BCUT2D eigenvalue weighted by molar-refractivity contribution is -0.142. The lowest BCUT2D eigenvalue weighted by Gasteiger charge is -2.22. The van der Waals surface area contributed by atoms with Gasteiger partial charge < -0.3 is 10.3 Å². The quantitative estimate of drug-likeness (QED) is 0.663. The van der Waals surface area contributed by atoms with Crippen LogP contribution in [-0.2, 0) is 30.4 Å². The molecule has 0 aromatic carbocycles. The number of pyridine rings is 1. The molecular formula is C16H15F3N6O. The average Bonchev–Trinajstić information content (AvgIpc) is 3.22. The Morgan fingerprint density at radius 3 is 3.00 bits per heavy atom. The Morgan fingerprint density at radius 1 is 1.38 bits per heavy atom. The van der Waals surface area contributed by atoms with Crippen molar-refractivity contribution in [1.82, 2.24) is 30.5 Å². The minimum atomic E-state index is -4.52. The van der Waals surface area contributed by atoms with Gasteiger partial charge in [0, 0.05) is 23.4 Å². The van der Waals surface area contributed by atoms with Gasteiger partial charge in [-0.2, -0.15) is 18.3 Å². The standard InChI is InChI=1S/C16H15F3N6O/c17-16(18,19)13-9-6-8(3-4-10(9)24-25-13)15(26)21-7-12-22-11-2-1-5-20-14(11)23-12/h1-2,5,8H,3-4,6-7H2,(H,21,26)(H,24,25)(H,20,22,23). The number of halogens is 3. The molecule has 1 unspecified atom stereocenters. The number of nitrogens with zero attached hydrogens (tertiary/aromatic N) is 3. The van der Waals surface area contributed by atoms with Gasteiger partial charge in [0.15, 0.2) is 11.3 Å². The highest BCUT2D eigenvalue weighted by Gasteiger charge is 2.40. The molecule has 3 aromatic rings. The first-order valence-electron chi connectivity index (χ1n) is 8.12. The monoisotopic (exact) mass is 364 g/mol. The number of aromatic amines is 2. The second kappa shape index (κ2) is 6.11. The van der Waals surface area contributed by atoms with Crippen LogP contribution in [0.3, 0.4) is 0 Å². The van der Waals surface area contributed by atoms with Crippen molar-refractivity contribution >= 4 is 17.1 Å². The first-order valence-corrected chi connectivity index (χ1v) is 8.12. The third-order valence-corrected chi connectivity index (χ3v) is 4.52. The van der Waals surface area contributed by atoms with Gasteiger partial charge in [0.25, 0.3) is 0 Å². The number of aryl methyl sites for hydroxylation is 1. The predicted molar refractivity (Wildman–Crippen MR) is 84.8 cm³/mol. The van der Waals surface area contributed by atoms with Crippen LogP contribution >= 0.6 is 0 Å². The van der Waals surface area contributed by atoms with E-state index < -0.39 is 17.8 Å². The summed E-state index contributed by atoms with van der Waals surface area (Å²) in [7, 11) is 0. The molecule has 0 aliphatic heterocycles. The summed E-state index contributed by atoms with van der Waals surface area (Å²) in [6.45, 7) is 0.163. The summed E-state index contributed by atoms with van der Waals surface area (Å²) in [6.07, 6.45) is -2.04. The molecule has 10 heteroatoms. The van der Waals surface area contributed by atoms with Crippen molar-refractivity contribution in [2.24, 2.45) is 5.92 Å². The molecular weight excluding hydrogens is 349 g/mol. The van der Waals surface area contributed by atoms with Crippen LogP contribution in [0.15, 0.2) is 18.3 Å². The second-order valence-corrected chi connectivity index (χ2v) is 6.24. The van der Waals surface area contributed by atoms with Crippen LogP contribution in [0.4, 0.5) is 13.2 Å². The van der Waals surface area contributed by atoms with Crippen molar-refractivity contribution in [3.8, 4) is 0 Å². The van der Waals surface area contributed by atoms with Crippen LogP contribution in [0.5, 0.6) is 0 Å².